The van der Waals surface area contributed by atoms with Gasteiger partial charge in [0, 0.05) is 11.1 Å². The van der Waals surface area contributed by atoms with Gasteiger partial charge in [-0.15, -0.1) is 11.3 Å². The highest BCUT2D eigenvalue weighted by molar-refractivity contribution is 7.18. The summed E-state index contributed by atoms with van der Waals surface area (Å²) in [5.41, 5.74) is 7.86. The predicted octanol–water partition coefficient (Wildman–Crippen LogP) is 2.35. The van der Waals surface area contributed by atoms with Crippen LogP contribution in [0, 0.1) is 13.8 Å². The van der Waals surface area contributed by atoms with Crippen LogP contribution in [0.4, 0.5) is 5.82 Å². The highest BCUT2D eigenvalue weighted by atomic mass is 32.1. The van der Waals surface area contributed by atoms with Crippen LogP contribution in [0.1, 0.15) is 10.4 Å². The van der Waals surface area contributed by atoms with Gasteiger partial charge in [-0.3, -0.25) is 0 Å². The molecule has 3 heterocycles. The van der Waals surface area contributed by atoms with Crippen molar-refractivity contribution in [2.24, 2.45) is 0 Å². The number of aryl methyl sites for hydroxylation is 2. The van der Waals surface area contributed by atoms with Crippen molar-refractivity contribution < 1.29 is 0 Å². The van der Waals surface area contributed by atoms with Crippen molar-refractivity contribution >= 4 is 27.4 Å². The third-order valence-electron chi connectivity index (χ3n) is 2.87. The molecule has 3 rings (SSSR count). The first-order chi connectivity index (χ1) is 8.66. The molecular formula is C12H11N5S. The number of hydrogen-bond donors (Lipinski definition) is 1. The first-order valence-corrected chi connectivity index (χ1v) is 6.28. The average molecular weight is 257 g/mol. The summed E-state index contributed by atoms with van der Waals surface area (Å²) in [5.74, 6) is 1.05. The number of hydrogen-bond acceptors (Lipinski definition) is 6. The Bertz CT molecular complexity index is 720. The molecule has 0 bridgehead atoms. The lowest BCUT2D eigenvalue weighted by atomic mass is 10.2. The fraction of sp³-hybridized carbons (Fsp3) is 0.167. The first kappa shape index (κ1) is 11.0. The minimum absolute atomic E-state index is 0.510. The maximum atomic E-state index is 6.02. The third kappa shape index (κ3) is 1.62. The van der Waals surface area contributed by atoms with Crippen molar-refractivity contribution in [3.63, 3.8) is 0 Å². The molecule has 0 saturated heterocycles. The lowest BCUT2D eigenvalue weighted by Crippen LogP contribution is -1.98. The SMILES string of the molecule is Cc1sc2nc(-c3ccncn3)nc(N)c2c1C. The van der Waals surface area contributed by atoms with E-state index in [-0.39, 0.29) is 0 Å². The van der Waals surface area contributed by atoms with E-state index in [1.165, 1.54) is 11.2 Å². The lowest BCUT2D eigenvalue weighted by Gasteiger charge is -2.02. The molecule has 0 unspecified atom stereocenters. The standard InChI is InChI=1S/C12H11N5S/c1-6-7(2)18-12-9(6)10(13)16-11(17-12)8-3-4-14-5-15-8/h3-5H,1-2H3,(H2,13,16,17). The van der Waals surface area contributed by atoms with Gasteiger partial charge in [0.2, 0.25) is 0 Å². The molecule has 5 nitrogen and oxygen atoms in total. The van der Waals surface area contributed by atoms with Crippen LogP contribution in [-0.2, 0) is 0 Å². The fourth-order valence-electron chi connectivity index (χ4n) is 1.82. The molecule has 0 fully saturated rings. The van der Waals surface area contributed by atoms with E-state index in [1.807, 2.05) is 6.92 Å². The molecule has 3 aromatic heterocycles. The predicted molar refractivity (Wildman–Crippen MR) is 72.3 cm³/mol. The number of nitrogens with zero attached hydrogens (tertiary/aromatic N) is 4. The van der Waals surface area contributed by atoms with Gasteiger partial charge in [-0.25, -0.2) is 19.9 Å². The molecule has 90 valence electrons. The van der Waals surface area contributed by atoms with Crippen molar-refractivity contribution in [1.29, 1.82) is 0 Å². The topological polar surface area (TPSA) is 77.6 Å². The molecule has 3 aromatic rings. The highest BCUT2D eigenvalue weighted by Gasteiger charge is 2.13. The molecular weight excluding hydrogens is 246 g/mol. The molecule has 0 saturated carbocycles. The quantitative estimate of drug-likeness (QED) is 0.724. The Morgan fingerprint density at radius 2 is 2.06 bits per heavy atom. The van der Waals surface area contributed by atoms with Crippen LogP contribution in [0.3, 0.4) is 0 Å². The van der Waals surface area contributed by atoms with Crippen LogP contribution >= 0.6 is 11.3 Å². The van der Waals surface area contributed by atoms with E-state index in [0.29, 0.717) is 17.3 Å². The molecule has 0 radical (unpaired) electrons. The van der Waals surface area contributed by atoms with Gasteiger partial charge >= 0.3 is 0 Å². The normalized spacial score (nSPS) is 11.0. The largest absolute Gasteiger partial charge is 0.383 e. The van der Waals surface area contributed by atoms with Crippen LogP contribution in [0.25, 0.3) is 21.7 Å². The van der Waals surface area contributed by atoms with Gasteiger partial charge in [-0.2, -0.15) is 0 Å². The second kappa shape index (κ2) is 3.99. The lowest BCUT2D eigenvalue weighted by molar-refractivity contribution is 1.13. The van der Waals surface area contributed by atoms with E-state index in [2.05, 4.69) is 26.9 Å². The van der Waals surface area contributed by atoms with E-state index in [0.717, 1.165) is 15.8 Å². The van der Waals surface area contributed by atoms with Crippen LogP contribution in [-0.4, -0.2) is 19.9 Å². The molecule has 0 atom stereocenters. The van der Waals surface area contributed by atoms with Crippen LogP contribution in [0.15, 0.2) is 18.6 Å². The molecule has 0 spiro atoms. The number of aromatic nitrogens is 4. The van der Waals surface area contributed by atoms with Gasteiger partial charge in [0.25, 0.3) is 0 Å². The number of anilines is 1. The van der Waals surface area contributed by atoms with E-state index in [4.69, 9.17) is 5.73 Å². The smallest absolute Gasteiger partial charge is 0.181 e. The number of thiophene rings is 1. The Kier molecular flexibility index (Phi) is 2.45. The van der Waals surface area contributed by atoms with Crippen LogP contribution < -0.4 is 5.73 Å². The van der Waals surface area contributed by atoms with Gasteiger partial charge in [0.15, 0.2) is 5.82 Å². The second-order valence-corrected chi connectivity index (χ2v) is 5.19. The summed E-state index contributed by atoms with van der Waals surface area (Å²) in [6.45, 7) is 4.10. The zero-order chi connectivity index (χ0) is 12.7. The minimum Gasteiger partial charge on any atom is -0.383 e. The molecule has 18 heavy (non-hydrogen) atoms. The molecule has 0 aliphatic rings. The summed E-state index contributed by atoms with van der Waals surface area (Å²) < 4.78 is 0. The Morgan fingerprint density at radius 3 is 2.78 bits per heavy atom. The van der Waals surface area contributed by atoms with Gasteiger partial charge in [-0.1, -0.05) is 0 Å². The van der Waals surface area contributed by atoms with Gasteiger partial charge < -0.3 is 5.73 Å². The monoisotopic (exact) mass is 257 g/mol. The van der Waals surface area contributed by atoms with Crippen molar-refractivity contribution in [1.82, 2.24) is 19.9 Å². The van der Waals surface area contributed by atoms with Gasteiger partial charge in [0.05, 0.1) is 5.39 Å². The summed E-state index contributed by atoms with van der Waals surface area (Å²) in [6.07, 6.45) is 3.14. The van der Waals surface area contributed by atoms with Crippen molar-refractivity contribution in [2.45, 2.75) is 13.8 Å². The van der Waals surface area contributed by atoms with Gasteiger partial charge in [0.1, 0.15) is 22.7 Å². The number of rotatable bonds is 1. The minimum atomic E-state index is 0.510. The van der Waals surface area contributed by atoms with E-state index >= 15 is 0 Å². The molecule has 6 heteroatoms. The maximum absolute atomic E-state index is 6.02. The van der Waals surface area contributed by atoms with E-state index in [1.54, 1.807) is 23.6 Å². The summed E-state index contributed by atoms with van der Waals surface area (Å²) in [5, 5.41) is 0.954. The average Bonchev–Trinajstić information content (AvgIpc) is 2.66. The van der Waals surface area contributed by atoms with Crippen molar-refractivity contribution in [3.8, 4) is 11.5 Å². The van der Waals surface area contributed by atoms with E-state index < -0.39 is 0 Å². The van der Waals surface area contributed by atoms with Crippen molar-refractivity contribution in [2.75, 3.05) is 5.73 Å². The van der Waals surface area contributed by atoms with Crippen LogP contribution in [0.5, 0.6) is 0 Å². The molecule has 2 N–H and O–H groups in total. The molecule has 0 aliphatic heterocycles. The Morgan fingerprint density at radius 1 is 1.22 bits per heavy atom. The second-order valence-electron chi connectivity index (χ2n) is 3.99. The first-order valence-electron chi connectivity index (χ1n) is 5.46. The summed E-state index contributed by atoms with van der Waals surface area (Å²) in [6, 6.07) is 1.77. The Hall–Kier alpha value is -2.08. The maximum Gasteiger partial charge on any atom is 0.181 e. The van der Waals surface area contributed by atoms with E-state index in [9.17, 15) is 0 Å². The number of nitrogens with two attached hydrogens (primary N) is 1. The molecule has 0 aliphatic carbocycles. The molecule has 0 amide bonds. The zero-order valence-electron chi connectivity index (χ0n) is 10.0. The fourth-order valence-corrected chi connectivity index (χ4v) is 2.86. The third-order valence-corrected chi connectivity index (χ3v) is 3.97. The summed E-state index contributed by atoms with van der Waals surface area (Å²) in [4.78, 5) is 19.0. The number of nitrogen functional groups attached to an aromatic ring is 1. The molecule has 0 aromatic carbocycles. The highest BCUT2D eigenvalue weighted by Crippen LogP contribution is 2.33. The van der Waals surface area contributed by atoms with Crippen LogP contribution in [0.2, 0.25) is 0 Å². The Labute approximate surface area is 108 Å². The van der Waals surface area contributed by atoms with Gasteiger partial charge in [-0.05, 0) is 25.5 Å². The zero-order valence-corrected chi connectivity index (χ0v) is 10.8. The van der Waals surface area contributed by atoms with Crippen molar-refractivity contribution in [3.05, 3.63) is 29.0 Å². The number of fused-ring (bicyclic) bond motifs is 1. The Balaban J connectivity index is 2.28. The summed E-state index contributed by atoms with van der Waals surface area (Å²) in [7, 11) is 0. The summed E-state index contributed by atoms with van der Waals surface area (Å²) >= 11 is 1.63.